The van der Waals surface area contributed by atoms with Gasteiger partial charge >= 0.3 is 8.25 Å². The molecule has 1 fully saturated rings. The standard InChI is InChI=1S/C17H24O3P/c1-13(7-9-15-12-19-21(18)20-15)8-10-16-14(2)6-5-11-17(16,3)4/h8-10,15H,5-6,11-12H2,1-4H3/q+1/b10-8+. The maximum atomic E-state index is 11.0. The maximum absolute atomic E-state index is 11.0. The highest BCUT2D eigenvalue weighted by Gasteiger charge is 2.35. The van der Waals surface area contributed by atoms with E-state index in [2.05, 4.69) is 38.7 Å². The van der Waals surface area contributed by atoms with E-state index in [0.29, 0.717) is 6.61 Å². The van der Waals surface area contributed by atoms with Crippen LogP contribution in [-0.2, 0) is 13.6 Å². The summed E-state index contributed by atoms with van der Waals surface area (Å²) in [5.74, 6) is 0. The molecule has 0 spiro atoms. The van der Waals surface area contributed by atoms with E-state index < -0.39 is 8.25 Å². The van der Waals surface area contributed by atoms with Gasteiger partial charge in [-0.1, -0.05) is 31.6 Å². The molecule has 0 radical (unpaired) electrons. The van der Waals surface area contributed by atoms with Gasteiger partial charge in [0.1, 0.15) is 6.61 Å². The van der Waals surface area contributed by atoms with Crippen molar-refractivity contribution in [3.8, 4) is 0 Å². The van der Waals surface area contributed by atoms with Crippen LogP contribution in [0.3, 0.4) is 0 Å². The van der Waals surface area contributed by atoms with Crippen LogP contribution in [-0.4, -0.2) is 12.7 Å². The summed E-state index contributed by atoms with van der Waals surface area (Å²) in [5, 5.41) is 0. The summed E-state index contributed by atoms with van der Waals surface area (Å²) in [6.45, 7) is 9.20. The van der Waals surface area contributed by atoms with Gasteiger partial charge in [-0.15, -0.1) is 14.8 Å². The zero-order valence-electron chi connectivity index (χ0n) is 13.3. The molecule has 4 heteroatoms. The van der Waals surface area contributed by atoms with Crippen molar-refractivity contribution in [3.63, 3.8) is 0 Å². The summed E-state index contributed by atoms with van der Waals surface area (Å²) in [6, 6.07) is 0. The first kappa shape index (κ1) is 16.4. The van der Waals surface area contributed by atoms with Crippen LogP contribution in [0.5, 0.6) is 0 Å². The first-order valence-electron chi connectivity index (χ1n) is 7.47. The summed E-state index contributed by atoms with van der Waals surface area (Å²) in [5.41, 5.74) is 7.39. The Morgan fingerprint density at radius 3 is 2.86 bits per heavy atom. The smallest absolute Gasteiger partial charge is 0.119 e. The molecule has 2 rings (SSSR count). The SMILES string of the molecule is CC(=C=CC1CO[P+](=O)O1)/C=C/C1=C(C)CCCC1(C)C. The molecule has 1 heterocycles. The molecule has 2 aliphatic rings. The molecule has 2 atom stereocenters. The fourth-order valence-electron chi connectivity index (χ4n) is 2.88. The lowest BCUT2D eigenvalue weighted by Gasteiger charge is -2.32. The molecular weight excluding hydrogens is 283 g/mol. The van der Waals surface area contributed by atoms with E-state index in [1.165, 1.54) is 30.4 Å². The summed E-state index contributed by atoms with van der Waals surface area (Å²) >= 11 is 0. The van der Waals surface area contributed by atoms with Crippen LogP contribution in [0.15, 0.2) is 40.7 Å². The minimum absolute atomic E-state index is 0.246. The largest absolute Gasteiger partial charge is 0.698 e. The van der Waals surface area contributed by atoms with Crippen LogP contribution in [0.25, 0.3) is 0 Å². The van der Waals surface area contributed by atoms with Crippen LogP contribution in [0.1, 0.15) is 47.0 Å². The van der Waals surface area contributed by atoms with Crippen LogP contribution in [0.4, 0.5) is 0 Å². The molecule has 21 heavy (non-hydrogen) atoms. The maximum Gasteiger partial charge on any atom is 0.698 e. The van der Waals surface area contributed by atoms with Crippen molar-refractivity contribution in [2.24, 2.45) is 5.41 Å². The van der Waals surface area contributed by atoms with Gasteiger partial charge in [0.15, 0.2) is 6.10 Å². The van der Waals surface area contributed by atoms with Gasteiger partial charge in [0.05, 0.1) is 0 Å². The molecule has 0 saturated carbocycles. The first-order chi connectivity index (χ1) is 9.88. The highest BCUT2D eigenvalue weighted by molar-refractivity contribution is 7.33. The molecule has 0 amide bonds. The third-order valence-electron chi connectivity index (χ3n) is 4.11. The molecule has 0 bridgehead atoms. The fraction of sp³-hybridized carbons (Fsp3) is 0.588. The van der Waals surface area contributed by atoms with Gasteiger partial charge in [-0.25, -0.2) is 0 Å². The van der Waals surface area contributed by atoms with Crippen molar-refractivity contribution in [3.05, 3.63) is 40.7 Å². The lowest BCUT2D eigenvalue weighted by atomic mass is 9.72. The first-order valence-corrected chi connectivity index (χ1v) is 8.57. The van der Waals surface area contributed by atoms with Crippen molar-refractivity contribution < 1.29 is 13.6 Å². The highest BCUT2D eigenvalue weighted by Crippen LogP contribution is 2.40. The lowest BCUT2D eigenvalue weighted by Crippen LogP contribution is -2.19. The van der Waals surface area contributed by atoms with Crippen LogP contribution < -0.4 is 0 Å². The molecule has 3 nitrogen and oxygen atoms in total. The molecule has 2 unspecified atom stereocenters. The predicted molar refractivity (Wildman–Crippen MR) is 85.2 cm³/mol. The molecule has 114 valence electrons. The number of hydrogen-bond donors (Lipinski definition) is 0. The van der Waals surface area contributed by atoms with Crippen molar-refractivity contribution in [2.75, 3.05) is 6.61 Å². The summed E-state index contributed by atoms with van der Waals surface area (Å²) in [4.78, 5) is 0. The Morgan fingerprint density at radius 1 is 1.48 bits per heavy atom. The number of allylic oxidation sites excluding steroid dienone is 4. The summed E-state index contributed by atoms with van der Waals surface area (Å²) in [7, 11) is -1.93. The Kier molecular flexibility index (Phi) is 5.35. The lowest BCUT2D eigenvalue weighted by molar-refractivity contribution is 0.290. The Morgan fingerprint density at radius 2 is 2.24 bits per heavy atom. The van der Waals surface area contributed by atoms with E-state index in [9.17, 15) is 4.57 Å². The molecular formula is C17H24O3P+. The van der Waals surface area contributed by atoms with Crippen molar-refractivity contribution in [1.29, 1.82) is 0 Å². The third-order valence-corrected chi connectivity index (χ3v) is 4.91. The van der Waals surface area contributed by atoms with Gasteiger partial charge in [0.25, 0.3) is 0 Å². The monoisotopic (exact) mass is 307 g/mol. The van der Waals surface area contributed by atoms with Crippen molar-refractivity contribution in [2.45, 2.75) is 53.1 Å². The highest BCUT2D eigenvalue weighted by atomic mass is 31.1. The minimum atomic E-state index is -1.93. The van der Waals surface area contributed by atoms with Crippen molar-refractivity contribution in [1.82, 2.24) is 0 Å². The van der Waals surface area contributed by atoms with Gasteiger partial charge < -0.3 is 0 Å². The topological polar surface area (TPSA) is 35.5 Å². The normalized spacial score (nSPS) is 27.0. The Labute approximate surface area is 128 Å². The average Bonchev–Trinajstić information content (AvgIpc) is 2.81. The predicted octanol–water partition coefficient (Wildman–Crippen LogP) is 5.24. The van der Waals surface area contributed by atoms with E-state index in [4.69, 9.17) is 9.05 Å². The van der Waals surface area contributed by atoms with E-state index in [1.807, 2.05) is 6.92 Å². The Balaban J connectivity index is 2.09. The Bertz CT molecular complexity index is 548. The number of hydrogen-bond acceptors (Lipinski definition) is 3. The molecule has 0 aromatic rings. The van der Waals surface area contributed by atoms with E-state index in [-0.39, 0.29) is 11.5 Å². The average molecular weight is 307 g/mol. The molecule has 1 aliphatic heterocycles. The van der Waals surface area contributed by atoms with Crippen LogP contribution in [0.2, 0.25) is 0 Å². The molecule has 0 aromatic heterocycles. The fourth-order valence-corrected chi connectivity index (χ4v) is 3.55. The molecule has 0 N–H and O–H groups in total. The van der Waals surface area contributed by atoms with Gasteiger partial charge in [-0.2, -0.15) is 0 Å². The molecule has 0 aromatic carbocycles. The number of rotatable bonds is 3. The second kappa shape index (κ2) is 6.85. The van der Waals surface area contributed by atoms with Crippen LogP contribution in [0, 0.1) is 5.41 Å². The molecule has 1 saturated heterocycles. The zero-order chi connectivity index (χ0) is 15.5. The quantitative estimate of drug-likeness (QED) is 0.406. The molecule has 1 aliphatic carbocycles. The summed E-state index contributed by atoms with van der Waals surface area (Å²) < 4.78 is 20.9. The van der Waals surface area contributed by atoms with Crippen LogP contribution >= 0.6 is 8.25 Å². The van der Waals surface area contributed by atoms with E-state index in [0.717, 1.165) is 5.57 Å². The van der Waals surface area contributed by atoms with Gasteiger partial charge in [0.2, 0.25) is 0 Å². The van der Waals surface area contributed by atoms with Gasteiger partial charge in [-0.3, -0.25) is 0 Å². The van der Waals surface area contributed by atoms with E-state index >= 15 is 0 Å². The van der Waals surface area contributed by atoms with E-state index in [1.54, 1.807) is 6.08 Å². The summed E-state index contributed by atoms with van der Waals surface area (Å²) in [6.07, 6.45) is 9.57. The van der Waals surface area contributed by atoms with Gasteiger partial charge in [-0.05, 0) is 55.7 Å². The minimum Gasteiger partial charge on any atom is -0.119 e. The third kappa shape index (κ3) is 4.49. The zero-order valence-corrected chi connectivity index (χ0v) is 14.2. The van der Waals surface area contributed by atoms with Crippen molar-refractivity contribution >= 4 is 8.25 Å². The second-order valence-corrected chi connectivity index (χ2v) is 7.34. The van der Waals surface area contributed by atoms with Gasteiger partial charge in [0, 0.05) is 4.57 Å². The second-order valence-electron chi connectivity index (χ2n) is 6.42. The Hall–Kier alpha value is -0.980.